The number of methoxy groups -OCH3 is 1. The van der Waals surface area contributed by atoms with E-state index in [-0.39, 0.29) is 12.8 Å². The predicted octanol–water partition coefficient (Wildman–Crippen LogP) is 0.416. The predicted molar refractivity (Wildman–Crippen MR) is 63.3 cm³/mol. The number of aliphatic hydroxyl groups is 1. The molecule has 0 aliphatic carbocycles. The first-order valence-electron chi connectivity index (χ1n) is 4.92. The number of benzene rings is 1. The Morgan fingerprint density at radius 2 is 2.12 bits per heavy atom. The highest BCUT2D eigenvalue weighted by Gasteiger charge is 2.20. The van der Waals surface area contributed by atoms with Crippen LogP contribution in [0.1, 0.15) is 12.0 Å². The normalized spacial score (nSPS) is 13.4. The molecule has 0 spiro atoms. The quantitative estimate of drug-likeness (QED) is 0.523. The molecule has 7 heteroatoms. The molecular formula is C10H15NO5S. The van der Waals surface area contributed by atoms with Gasteiger partial charge in [0.1, 0.15) is 5.75 Å². The van der Waals surface area contributed by atoms with Crippen LogP contribution in [0.25, 0.3) is 0 Å². The van der Waals surface area contributed by atoms with E-state index in [0.29, 0.717) is 17.0 Å². The summed E-state index contributed by atoms with van der Waals surface area (Å²) < 4.78 is 35.0. The molecular weight excluding hydrogens is 246 g/mol. The number of nitrogen functional groups attached to an aromatic ring is 1. The Morgan fingerprint density at radius 3 is 2.65 bits per heavy atom. The Balaban J connectivity index is 2.82. The van der Waals surface area contributed by atoms with E-state index in [2.05, 4.69) is 0 Å². The Bertz CT molecular complexity index is 485. The fraction of sp³-hybridized carbons (Fsp3) is 0.400. The fourth-order valence-corrected chi connectivity index (χ4v) is 1.87. The molecule has 4 N–H and O–H groups in total. The van der Waals surface area contributed by atoms with E-state index in [9.17, 15) is 13.5 Å². The first kappa shape index (κ1) is 13.8. The van der Waals surface area contributed by atoms with Gasteiger partial charge in [0.05, 0.1) is 7.11 Å². The monoisotopic (exact) mass is 261 g/mol. The molecule has 0 heterocycles. The van der Waals surface area contributed by atoms with Gasteiger partial charge in [-0.1, -0.05) is 6.07 Å². The Hall–Kier alpha value is -1.31. The lowest BCUT2D eigenvalue weighted by Gasteiger charge is -2.12. The lowest BCUT2D eigenvalue weighted by Crippen LogP contribution is -2.20. The standard InChI is InChI=1S/C10H15NO5S/c1-16-9-4-2-3-8(11)7(9)5-6-10(12)17(13,14)15/h2-4,10,12H,5-6,11H2,1H3,(H,13,14,15). The highest BCUT2D eigenvalue weighted by atomic mass is 32.2. The number of hydrogen-bond acceptors (Lipinski definition) is 5. The third kappa shape index (κ3) is 3.58. The number of nitrogens with two attached hydrogens (primary N) is 1. The second-order valence-corrected chi connectivity index (χ2v) is 5.11. The molecule has 0 aromatic heterocycles. The van der Waals surface area contributed by atoms with Crippen LogP contribution >= 0.6 is 0 Å². The van der Waals surface area contributed by atoms with Gasteiger partial charge in [-0.2, -0.15) is 8.42 Å². The largest absolute Gasteiger partial charge is 0.496 e. The van der Waals surface area contributed by atoms with Crippen LogP contribution in [0.3, 0.4) is 0 Å². The lowest BCUT2D eigenvalue weighted by molar-refractivity contribution is 0.223. The molecule has 0 bridgehead atoms. The first-order valence-corrected chi connectivity index (χ1v) is 6.42. The number of rotatable bonds is 5. The molecule has 0 radical (unpaired) electrons. The van der Waals surface area contributed by atoms with Gasteiger partial charge in [-0.25, -0.2) is 0 Å². The average molecular weight is 261 g/mol. The number of hydrogen-bond donors (Lipinski definition) is 3. The molecule has 0 amide bonds. The van der Waals surface area contributed by atoms with E-state index >= 15 is 0 Å². The maximum atomic E-state index is 10.6. The highest BCUT2D eigenvalue weighted by molar-refractivity contribution is 7.86. The van der Waals surface area contributed by atoms with Crippen molar-refractivity contribution >= 4 is 15.8 Å². The first-order chi connectivity index (χ1) is 7.86. The van der Waals surface area contributed by atoms with Crippen LogP contribution in [-0.2, 0) is 16.5 Å². The molecule has 1 atom stereocenters. The summed E-state index contributed by atoms with van der Waals surface area (Å²) in [6.07, 6.45) is 0.0419. The molecule has 17 heavy (non-hydrogen) atoms. The van der Waals surface area contributed by atoms with E-state index in [1.54, 1.807) is 18.2 Å². The molecule has 1 aromatic rings. The number of anilines is 1. The van der Waals surface area contributed by atoms with Crippen molar-refractivity contribution in [3.05, 3.63) is 23.8 Å². The summed E-state index contributed by atoms with van der Waals surface area (Å²) in [6.45, 7) is 0. The highest BCUT2D eigenvalue weighted by Crippen LogP contribution is 2.26. The van der Waals surface area contributed by atoms with Crippen molar-refractivity contribution in [3.63, 3.8) is 0 Å². The minimum absolute atomic E-state index is 0.149. The zero-order valence-electron chi connectivity index (χ0n) is 9.33. The van der Waals surface area contributed by atoms with E-state index in [4.69, 9.17) is 15.0 Å². The summed E-state index contributed by atoms with van der Waals surface area (Å²) in [7, 11) is -2.96. The molecule has 96 valence electrons. The van der Waals surface area contributed by atoms with Crippen molar-refractivity contribution in [1.29, 1.82) is 0 Å². The van der Waals surface area contributed by atoms with Crippen LogP contribution in [0, 0.1) is 0 Å². The molecule has 0 saturated heterocycles. The second kappa shape index (κ2) is 5.35. The fourth-order valence-electron chi connectivity index (χ4n) is 1.46. The average Bonchev–Trinajstić information content (AvgIpc) is 2.25. The third-order valence-electron chi connectivity index (χ3n) is 2.37. The molecule has 0 saturated carbocycles. The Morgan fingerprint density at radius 1 is 1.47 bits per heavy atom. The van der Waals surface area contributed by atoms with Crippen molar-refractivity contribution in [2.24, 2.45) is 0 Å². The van der Waals surface area contributed by atoms with Gasteiger partial charge in [0.25, 0.3) is 10.1 Å². The van der Waals surface area contributed by atoms with Gasteiger partial charge < -0.3 is 15.6 Å². The van der Waals surface area contributed by atoms with Crippen LogP contribution in [0.15, 0.2) is 18.2 Å². The minimum atomic E-state index is -4.43. The topological polar surface area (TPSA) is 110 Å². The zero-order valence-corrected chi connectivity index (χ0v) is 10.1. The number of aliphatic hydroxyl groups excluding tert-OH is 1. The molecule has 0 fully saturated rings. The van der Waals surface area contributed by atoms with Crippen LogP contribution in [0.5, 0.6) is 5.75 Å². The molecule has 6 nitrogen and oxygen atoms in total. The lowest BCUT2D eigenvalue weighted by atomic mass is 10.1. The minimum Gasteiger partial charge on any atom is -0.496 e. The SMILES string of the molecule is COc1cccc(N)c1CCC(O)S(=O)(=O)O. The maximum absolute atomic E-state index is 10.6. The maximum Gasteiger partial charge on any atom is 0.292 e. The zero-order chi connectivity index (χ0) is 13.1. The van der Waals surface area contributed by atoms with Gasteiger partial charge in [0.15, 0.2) is 5.44 Å². The summed E-state index contributed by atoms with van der Waals surface area (Å²) in [6, 6.07) is 5.04. The summed E-state index contributed by atoms with van der Waals surface area (Å²) >= 11 is 0. The number of ether oxygens (including phenoxy) is 1. The van der Waals surface area contributed by atoms with Gasteiger partial charge in [0, 0.05) is 11.3 Å². The molecule has 0 aliphatic heterocycles. The Labute approximate surface area is 99.8 Å². The van der Waals surface area contributed by atoms with Crippen molar-refractivity contribution in [2.45, 2.75) is 18.3 Å². The van der Waals surface area contributed by atoms with Crippen LogP contribution < -0.4 is 10.5 Å². The van der Waals surface area contributed by atoms with Gasteiger partial charge in [-0.3, -0.25) is 4.55 Å². The van der Waals surface area contributed by atoms with Gasteiger partial charge >= 0.3 is 0 Å². The molecule has 0 aliphatic rings. The summed E-state index contributed by atoms with van der Waals surface area (Å²) in [5.41, 5.74) is 4.97. The van der Waals surface area contributed by atoms with E-state index in [1.807, 2.05) is 0 Å². The summed E-state index contributed by atoms with van der Waals surface area (Å²) in [5, 5.41) is 9.18. The van der Waals surface area contributed by atoms with E-state index in [0.717, 1.165) is 0 Å². The van der Waals surface area contributed by atoms with E-state index in [1.165, 1.54) is 7.11 Å². The van der Waals surface area contributed by atoms with Crippen molar-refractivity contribution < 1.29 is 22.8 Å². The van der Waals surface area contributed by atoms with Crippen LogP contribution in [0.2, 0.25) is 0 Å². The molecule has 1 aromatic carbocycles. The molecule has 1 unspecified atom stereocenters. The van der Waals surface area contributed by atoms with Gasteiger partial charge in [-0.15, -0.1) is 0 Å². The van der Waals surface area contributed by atoms with Gasteiger partial charge in [0.2, 0.25) is 0 Å². The van der Waals surface area contributed by atoms with Crippen molar-refractivity contribution in [2.75, 3.05) is 12.8 Å². The smallest absolute Gasteiger partial charge is 0.292 e. The summed E-state index contributed by atoms with van der Waals surface area (Å²) in [4.78, 5) is 0. The van der Waals surface area contributed by atoms with Crippen molar-refractivity contribution in [1.82, 2.24) is 0 Å². The van der Waals surface area contributed by atoms with Gasteiger partial charge in [-0.05, 0) is 25.0 Å². The third-order valence-corrected chi connectivity index (χ3v) is 3.30. The van der Waals surface area contributed by atoms with Crippen LogP contribution in [-0.4, -0.2) is 30.6 Å². The van der Waals surface area contributed by atoms with Crippen LogP contribution in [0.4, 0.5) is 5.69 Å². The van der Waals surface area contributed by atoms with Crippen molar-refractivity contribution in [3.8, 4) is 5.75 Å². The molecule has 1 rings (SSSR count). The Kier molecular flexibility index (Phi) is 4.33. The summed E-state index contributed by atoms with van der Waals surface area (Å²) in [5.74, 6) is 0.521. The van der Waals surface area contributed by atoms with E-state index < -0.39 is 15.6 Å². The second-order valence-electron chi connectivity index (χ2n) is 3.54.